The van der Waals surface area contributed by atoms with Crippen molar-refractivity contribution >= 4 is 12.3 Å². The Morgan fingerprint density at radius 2 is 2.17 bits per heavy atom. The highest BCUT2D eigenvalue weighted by molar-refractivity contribution is 5.39. The van der Waals surface area contributed by atoms with Gasteiger partial charge in [0.2, 0.25) is 0 Å². The van der Waals surface area contributed by atoms with Crippen LogP contribution in [0.2, 0.25) is 0 Å². The first-order chi connectivity index (χ1) is 5.79. The highest BCUT2D eigenvalue weighted by atomic mass is 14.5. The Labute approximate surface area is 72.5 Å². The molecular formula is C11H13N. The molecule has 0 bridgehead atoms. The molecule has 1 heteroatoms. The second-order valence-corrected chi connectivity index (χ2v) is 2.65. The van der Waals surface area contributed by atoms with E-state index in [2.05, 4.69) is 6.58 Å². The predicted octanol–water partition coefficient (Wildman–Crippen LogP) is 0.658. The van der Waals surface area contributed by atoms with Gasteiger partial charge in [-0.15, -0.1) is 0 Å². The molecule has 1 aromatic rings. The molecule has 0 radical (unpaired) electrons. The third kappa shape index (κ3) is 1.56. The Balaban J connectivity index is 3.61. The molecule has 2 N–H and O–H groups in total. The summed E-state index contributed by atoms with van der Waals surface area (Å²) in [7, 11) is 0. The summed E-state index contributed by atoms with van der Waals surface area (Å²) in [6.07, 6.45) is 5.35. The molecule has 0 saturated carbocycles. The molecule has 0 amide bonds. The third-order valence-electron chi connectivity index (χ3n) is 1.82. The highest BCUT2D eigenvalue weighted by Gasteiger charge is 1.87. The second-order valence-electron chi connectivity index (χ2n) is 2.65. The van der Waals surface area contributed by atoms with Gasteiger partial charge >= 0.3 is 0 Å². The normalized spacial score (nSPS) is 13.4. The van der Waals surface area contributed by atoms with Crippen molar-refractivity contribution in [2.75, 3.05) is 0 Å². The van der Waals surface area contributed by atoms with Crippen molar-refractivity contribution in [2.24, 2.45) is 5.73 Å². The van der Waals surface area contributed by atoms with Crippen LogP contribution in [0.3, 0.4) is 0 Å². The number of hydrogen-bond donors (Lipinski definition) is 1. The summed E-state index contributed by atoms with van der Waals surface area (Å²) in [4.78, 5) is 0. The molecule has 0 aliphatic heterocycles. The van der Waals surface area contributed by atoms with E-state index in [9.17, 15) is 0 Å². The molecule has 1 aromatic carbocycles. The average molecular weight is 159 g/mol. The SMILES string of the molecule is C=C/C=c1/cccc(C)/c1=C/N. The van der Waals surface area contributed by atoms with Gasteiger partial charge in [0, 0.05) is 11.4 Å². The molecule has 0 spiro atoms. The van der Waals surface area contributed by atoms with Crippen molar-refractivity contribution in [3.63, 3.8) is 0 Å². The van der Waals surface area contributed by atoms with Gasteiger partial charge in [0.1, 0.15) is 0 Å². The summed E-state index contributed by atoms with van der Waals surface area (Å²) in [6.45, 7) is 5.69. The van der Waals surface area contributed by atoms with E-state index < -0.39 is 0 Å². The lowest BCUT2D eigenvalue weighted by atomic mass is 10.1. The number of nitrogens with two attached hydrogens (primary N) is 1. The molecule has 0 aliphatic carbocycles. The van der Waals surface area contributed by atoms with Crippen molar-refractivity contribution in [3.8, 4) is 0 Å². The van der Waals surface area contributed by atoms with Crippen LogP contribution >= 0.6 is 0 Å². The van der Waals surface area contributed by atoms with E-state index >= 15 is 0 Å². The molecule has 0 saturated heterocycles. The smallest absolute Gasteiger partial charge is 0.00202 e. The second kappa shape index (κ2) is 3.77. The first-order valence-electron chi connectivity index (χ1n) is 3.90. The van der Waals surface area contributed by atoms with E-state index in [4.69, 9.17) is 5.73 Å². The van der Waals surface area contributed by atoms with Gasteiger partial charge in [-0.2, -0.15) is 0 Å². The van der Waals surface area contributed by atoms with E-state index in [1.165, 1.54) is 5.56 Å². The summed E-state index contributed by atoms with van der Waals surface area (Å²) in [5.41, 5.74) is 6.69. The van der Waals surface area contributed by atoms with Gasteiger partial charge in [0.05, 0.1) is 0 Å². The third-order valence-corrected chi connectivity index (χ3v) is 1.82. The summed E-state index contributed by atoms with van der Waals surface area (Å²) in [6, 6.07) is 6.07. The predicted molar refractivity (Wildman–Crippen MR) is 53.7 cm³/mol. The Morgan fingerprint density at radius 1 is 1.42 bits per heavy atom. The Hall–Kier alpha value is -1.50. The van der Waals surface area contributed by atoms with Crippen molar-refractivity contribution in [2.45, 2.75) is 6.92 Å². The van der Waals surface area contributed by atoms with Crippen molar-refractivity contribution in [3.05, 3.63) is 46.9 Å². The fourth-order valence-electron chi connectivity index (χ4n) is 1.20. The zero-order valence-electron chi connectivity index (χ0n) is 7.25. The minimum absolute atomic E-state index is 1.08. The van der Waals surface area contributed by atoms with Crippen LogP contribution < -0.4 is 16.2 Å². The first kappa shape index (κ1) is 8.60. The molecule has 62 valence electrons. The lowest BCUT2D eigenvalue weighted by Gasteiger charge is -1.93. The molecule has 0 fully saturated rings. The Kier molecular flexibility index (Phi) is 2.70. The van der Waals surface area contributed by atoms with Crippen LogP contribution in [0, 0.1) is 6.92 Å². The molecule has 0 aliphatic rings. The Bertz CT molecular complexity index is 388. The minimum atomic E-state index is 1.08. The van der Waals surface area contributed by atoms with Crippen molar-refractivity contribution in [1.82, 2.24) is 0 Å². The molecule has 0 heterocycles. The van der Waals surface area contributed by atoms with Crippen LogP contribution in [-0.4, -0.2) is 0 Å². The Morgan fingerprint density at radius 3 is 2.75 bits per heavy atom. The first-order valence-corrected chi connectivity index (χ1v) is 3.90. The number of rotatable bonds is 1. The summed E-state index contributed by atoms with van der Waals surface area (Å²) >= 11 is 0. The molecule has 12 heavy (non-hydrogen) atoms. The van der Waals surface area contributed by atoms with Crippen LogP contribution in [0.4, 0.5) is 0 Å². The van der Waals surface area contributed by atoms with Crippen molar-refractivity contribution < 1.29 is 0 Å². The van der Waals surface area contributed by atoms with Crippen LogP contribution in [0.25, 0.3) is 12.3 Å². The maximum atomic E-state index is 5.50. The number of hydrogen-bond acceptors (Lipinski definition) is 1. The highest BCUT2D eigenvalue weighted by Crippen LogP contribution is 1.82. The van der Waals surface area contributed by atoms with Gasteiger partial charge in [0.15, 0.2) is 0 Å². The molecular weight excluding hydrogens is 146 g/mol. The largest absolute Gasteiger partial charge is 0.404 e. The van der Waals surface area contributed by atoms with E-state index in [1.807, 2.05) is 31.2 Å². The van der Waals surface area contributed by atoms with Crippen LogP contribution in [0.1, 0.15) is 5.56 Å². The van der Waals surface area contributed by atoms with Crippen LogP contribution in [0.5, 0.6) is 0 Å². The van der Waals surface area contributed by atoms with Gasteiger partial charge in [-0.05, 0) is 17.7 Å². The zero-order chi connectivity index (χ0) is 8.97. The lowest BCUT2D eigenvalue weighted by Crippen LogP contribution is -2.27. The quantitative estimate of drug-likeness (QED) is 0.640. The number of aryl methyl sites for hydroxylation is 1. The molecule has 1 nitrogen and oxygen atoms in total. The topological polar surface area (TPSA) is 26.0 Å². The molecule has 0 aromatic heterocycles. The summed E-state index contributed by atoms with van der Waals surface area (Å²) < 4.78 is 0. The van der Waals surface area contributed by atoms with Crippen molar-refractivity contribution in [1.29, 1.82) is 0 Å². The monoisotopic (exact) mass is 159 g/mol. The fraction of sp³-hybridized carbons (Fsp3) is 0.0909. The summed E-state index contributed by atoms with van der Waals surface area (Å²) in [5, 5.41) is 2.20. The zero-order valence-corrected chi connectivity index (χ0v) is 7.25. The van der Waals surface area contributed by atoms with Crippen LogP contribution in [0.15, 0.2) is 30.9 Å². The summed E-state index contributed by atoms with van der Waals surface area (Å²) in [5.74, 6) is 0. The lowest BCUT2D eigenvalue weighted by molar-refractivity contribution is 1.36. The van der Waals surface area contributed by atoms with E-state index in [0.29, 0.717) is 0 Å². The standard InChI is InChI=1S/C11H13N/c1-3-5-10-7-4-6-9(2)11(10)8-12/h3-8H,1,12H2,2H3/b10-5-,11-8-. The van der Waals surface area contributed by atoms with E-state index in [1.54, 1.807) is 12.3 Å². The fourth-order valence-corrected chi connectivity index (χ4v) is 1.20. The van der Waals surface area contributed by atoms with Gasteiger partial charge in [-0.3, -0.25) is 0 Å². The number of allylic oxidation sites excluding steroid dienone is 1. The maximum Gasteiger partial charge on any atom is 0.00202 e. The van der Waals surface area contributed by atoms with Gasteiger partial charge in [-0.25, -0.2) is 0 Å². The van der Waals surface area contributed by atoms with Gasteiger partial charge in [0.25, 0.3) is 0 Å². The number of benzene rings is 1. The maximum absolute atomic E-state index is 5.50. The molecule has 0 unspecified atom stereocenters. The minimum Gasteiger partial charge on any atom is -0.404 e. The van der Waals surface area contributed by atoms with Gasteiger partial charge < -0.3 is 5.73 Å². The molecule has 1 rings (SSSR count). The average Bonchev–Trinajstić information content (AvgIpc) is 2.05. The van der Waals surface area contributed by atoms with E-state index in [0.717, 1.165) is 10.4 Å². The van der Waals surface area contributed by atoms with E-state index in [-0.39, 0.29) is 0 Å². The van der Waals surface area contributed by atoms with Gasteiger partial charge in [-0.1, -0.05) is 36.9 Å². The molecule has 0 atom stereocenters. The van der Waals surface area contributed by atoms with Crippen LogP contribution in [-0.2, 0) is 0 Å².